The molecule has 0 bridgehead atoms. The summed E-state index contributed by atoms with van der Waals surface area (Å²) in [6, 6.07) is 5.05. The van der Waals surface area contributed by atoms with Gasteiger partial charge in [-0.3, -0.25) is 0 Å². The molecule has 2 N–H and O–H groups in total. The molecule has 0 saturated heterocycles. The summed E-state index contributed by atoms with van der Waals surface area (Å²) >= 11 is 6.01. The van der Waals surface area contributed by atoms with E-state index < -0.39 is 12.0 Å². The monoisotopic (exact) mass is 239 g/mol. The number of aryl methyl sites for hydroxylation is 1. The predicted molar refractivity (Wildman–Crippen MR) is 64.0 cm³/mol. The topological polar surface area (TPSA) is 49.3 Å². The smallest absolute Gasteiger partial charge is 0.326 e. The molecular formula is C12H14ClNO2. The van der Waals surface area contributed by atoms with Crippen LogP contribution in [-0.4, -0.2) is 17.1 Å². The van der Waals surface area contributed by atoms with Crippen molar-refractivity contribution in [3.63, 3.8) is 0 Å². The average Bonchev–Trinajstić information content (AvgIpc) is 3.02. The van der Waals surface area contributed by atoms with Gasteiger partial charge in [0.25, 0.3) is 0 Å². The van der Waals surface area contributed by atoms with Gasteiger partial charge in [0.1, 0.15) is 6.04 Å². The van der Waals surface area contributed by atoms with Crippen LogP contribution in [0, 0.1) is 12.8 Å². The number of carbonyl (C=O) groups is 1. The largest absolute Gasteiger partial charge is 0.480 e. The van der Waals surface area contributed by atoms with Crippen LogP contribution in [0.3, 0.4) is 0 Å². The Bertz CT molecular complexity index is 415. The van der Waals surface area contributed by atoms with E-state index in [2.05, 4.69) is 5.32 Å². The maximum absolute atomic E-state index is 11.1. The fourth-order valence-electron chi connectivity index (χ4n) is 1.73. The van der Waals surface area contributed by atoms with E-state index in [4.69, 9.17) is 16.7 Å². The molecule has 0 aliphatic heterocycles. The molecule has 1 aliphatic rings. The minimum absolute atomic E-state index is 0.245. The zero-order chi connectivity index (χ0) is 11.7. The molecule has 86 valence electrons. The molecule has 4 heteroatoms. The number of carboxylic acids is 1. The number of rotatable bonds is 4. The SMILES string of the molecule is Cc1ccc(Cl)c(NC(C(=O)O)C2CC2)c1. The van der Waals surface area contributed by atoms with Crippen molar-refractivity contribution in [2.24, 2.45) is 5.92 Å². The minimum atomic E-state index is -0.805. The van der Waals surface area contributed by atoms with Gasteiger partial charge < -0.3 is 10.4 Å². The first kappa shape index (κ1) is 11.3. The van der Waals surface area contributed by atoms with E-state index in [1.807, 2.05) is 19.1 Å². The van der Waals surface area contributed by atoms with Crippen LogP contribution in [0.1, 0.15) is 18.4 Å². The van der Waals surface area contributed by atoms with Gasteiger partial charge >= 0.3 is 5.97 Å². The first-order chi connectivity index (χ1) is 7.58. The summed E-state index contributed by atoms with van der Waals surface area (Å²) < 4.78 is 0. The average molecular weight is 240 g/mol. The third-order valence-electron chi connectivity index (χ3n) is 2.79. The van der Waals surface area contributed by atoms with E-state index in [0.717, 1.165) is 18.4 Å². The zero-order valence-electron chi connectivity index (χ0n) is 9.03. The molecule has 1 fully saturated rings. The molecule has 1 atom stereocenters. The Kier molecular flexibility index (Phi) is 3.06. The van der Waals surface area contributed by atoms with Crippen LogP contribution >= 0.6 is 11.6 Å². The number of hydrogen-bond donors (Lipinski definition) is 2. The Balaban J connectivity index is 2.17. The number of aliphatic carboxylic acids is 1. The normalized spacial score (nSPS) is 16.9. The highest BCUT2D eigenvalue weighted by Gasteiger charge is 2.36. The zero-order valence-corrected chi connectivity index (χ0v) is 9.79. The molecule has 0 aromatic heterocycles. The van der Waals surface area contributed by atoms with Gasteiger partial charge in [-0.25, -0.2) is 4.79 Å². The summed E-state index contributed by atoms with van der Waals surface area (Å²) in [5.74, 6) is -0.561. The van der Waals surface area contributed by atoms with E-state index >= 15 is 0 Å². The molecule has 1 unspecified atom stereocenters. The minimum Gasteiger partial charge on any atom is -0.480 e. The van der Waals surface area contributed by atoms with E-state index in [0.29, 0.717) is 10.7 Å². The third-order valence-corrected chi connectivity index (χ3v) is 3.12. The summed E-state index contributed by atoms with van der Waals surface area (Å²) in [4.78, 5) is 11.1. The quantitative estimate of drug-likeness (QED) is 0.850. The number of hydrogen-bond acceptors (Lipinski definition) is 2. The maximum atomic E-state index is 11.1. The Hall–Kier alpha value is -1.22. The van der Waals surface area contributed by atoms with Gasteiger partial charge in [-0.2, -0.15) is 0 Å². The molecule has 0 heterocycles. The molecule has 1 aromatic rings. The van der Waals surface area contributed by atoms with Gasteiger partial charge in [0.05, 0.1) is 10.7 Å². The summed E-state index contributed by atoms with van der Waals surface area (Å²) in [6.45, 7) is 1.95. The second kappa shape index (κ2) is 4.34. The Labute approximate surface area is 99.4 Å². The van der Waals surface area contributed by atoms with Gasteiger partial charge in [0.15, 0.2) is 0 Å². The van der Waals surface area contributed by atoms with Crippen molar-refractivity contribution >= 4 is 23.3 Å². The lowest BCUT2D eigenvalue weighted by molar-refractivity contribution is -0.138. The van der Waals surface area contributed by atoms with E-state index in [1.165, 1.54) is 0 Å². The van der Waals surface area contributed by atoms with Gasteiger partial charge in [-0.1, -0.05) is 17.7 Å². The van der Waals surface area contributed by atoms with Crippen LogP contribution in [0.25, 0.3) is 0 Å². The van der Waals surface area contributed by atoms with E-state index in [1.54, 1.807) is 6.07 Å². The van der Waals surface area contributed by atoms with Crippen molar-refractivity contribution < 1.29 is 9.90 Å². The van der Waals surface area contributed by atoms with Crippen LogP contribution in [0.4, 0.5) is 5.69 Å². The van der Waals surface area contributed by atoms with Gasteiger partial charge in [0, 0.05) is 0 Å². The lowest BCUT2D eigenvalue weighted by Gasteiger charge is -2.16. The summed E-state index contributed by atoms with van der Waals surface area (Å²) in [5, 5.41) is 12.7. The summed E-state index contributed by atoms with van der Waals surface area (Å²) in [6.07, 6.45) is 1.96. The van der Waals surface area contributed by atoms with Crippen molar-refractivity contribution in [1.82, 2.24) is 0 Å². The number of nitrogens with one attached hydrogen (secondary N) is 1. The van der Waals surface area contributed by atoms with E-state index in [9.17, 15) is 4.79 Å². The predicted octanol–water partition coefficient (Wildman–Crippen LogP) is 2.92. The highest BCUT2D eigenvalue weighted by atomic mass is 35.5. The fourth-order valence-corrected chi connectivity index (χ4v) is 1.90. The first-order valence-corrected chi connectivity index (χ1v) is 5.71. The lowest BCUT2D eigenvalue weighted by Crippen LogP contribution is -2.31. The highest BCUT2D eigenvalue weighted by molar-refractivity contribution is 6.33. The highest BCUT2D eigenvalue weighted by Crippen LogP contribution is 2.35. The van der Waals surface area contributed by atoms with Crippen LogP contribution < -0.4 is 5.32 Å². The van der Waals surface area contributed by atoms with Crippen LogP contribution in [-0.2, 0) is 4.79 Å². The lowest BCUT2D eigenvalue weighted by atomic mass is 10.1. The number of anilines is 1. The van der Waals surface area contributed by atoms with E-state index in [-0.39, 0.29) is 5.92 Å². The molecule has 0 amide bonds. The molecule has 3 nitrogen and oxygen atoms in total. The maximum Gasteiger partial charge on any atom is 0.326 e. The molecule has 2 rings (SSSR count). The molecular weight excluding hydrogens is 226 g/mol. The molecule has 1 aliphatic carbocycles. The van der Waals surface area contributed by atoms with Crippen LogP contribution in [0.2, 0.25) is 5.02 Å². The molecule has 1 aromatic carbocycles. The van der Waals surface area contributed by atoms with Gasteiger partial charge in [-0.05, 0) is 43.4 Å². The number of carboxylic acid groups (broad SMARTS) is 1. The van der Waals surface area contributed by atoms with Crippen LogP contribution in [0.15, 0.2) is 18.2 Å². The second-order valence-corrected chi connectivity index (χ2v) is 4.69. The molecule has 0 radical (unpaired) electrons. The van der Waals surface area contributed by atoms with Crippen molar-refractivity contribution in [3.05, 3.63) is 28.8 Å². The van der Waals surface area contributed by atoms with Crippen molar-refractivity contribution in [2.45, 2.75) is 25.8 Å². The third kappa shape index (κ3) is 2.47. The summed E-state index contributed by atoms with van der Waals surface area (Å²) in [5.41, 5.74) is 1.77. The Morgan fingerprint density at radius 3 is 2.81 bits per heavy atom. The molecule has 0 spiro atoms. The standard InChI is InChI=1S/C12H14ClNO2/c1-7-2-5-9(13)10(6-7)14-11(12(15)16)8-3-4-8/h2,5-6,8,11,14H,3-4H2,1H3,(H,15,16). The molecule has 1 saturated carbocycles. The second-order valence-electron chi connectivity index (χ2n) is 4.28. The van der Waals surface area contributed by atoms with Crippen LogP contribution in [0.5, 0.6) is 0 Å². The Morgan fingerprint density at radius 2 is 2.25 bits per heavy atom. The fraction of sp³-hybridized carbons (Fsp3) is 0.417. The van der Waals surface area contributed by atoms with Crippen molar-refractivity contribution in [1.29, 1.82) is 0 Å². The first-order valence-electron chi connectivity index (χ1n) is 5.33. The molecule has 16 heavy (non-hydrogen) atoms. The van der Waals surface area contributed by atoms with Crippen molar-refractivity contribution in [3.8, 4) is 0 Å². The van der Waals surface area contributed by atoms with Gasteiger partial charge in [-0.15, -0.1) is 0 Å². The van der Waals surface area contributed by atoms with Crippen molar-refractivity contribution in [2.75, 3.05) is 5.32 Å². The Morgan fingerprint density at radius 1 is 1.56 bits per heavy atom. The summed E-state index contributed by atoms with van der Waals surface area (Å²) in [7, 11) is 0. The number of benzene rings is 1. The van der Waals surface area contributed by atoms with Gasteiger partial charge in [0.2, 0.25) is 0 Å². The number of halogens is 1.